The van der Waals surface area contributed by atoms with Crippen LogP contribution in [0, 0.1) is 0 Å². The molecule has 1 atom stereocenters. The number of carbonyl (C=O) groups is 3. The van der Waals surface area contributed by atoms with Crippen molar-refractivity contribution in [2.24, 2.45) is 0 Å². The van der Waals surface area contributed by atoms with Crippen molar-refractivity contribution in [3.63, 3.8) is 0 Å². The van der Waals surface area contributed by atoms with Crippen molar-refractivity contribution in [1.82, 2.24) is 0 Å². The molecule has 1 unspecified atom stereocenters. The summed E-state index contributed by atoms with van der Waals surface area (Å²) in [6.07, 6.45) is 82.7. The minimum Gasteiger partial charge on any atom is -0.462 e. The molecule has 77 heavy (non-hydrogen) atoms. The zero-order valence-electron chi connectivity index (χ0n) is 51.7. The highest BCUT2D eigenvalue weighted by Gasteiger charge is 2.19. The SMILES string of the molecule is CCCCCCC/C=C\C/C=C\CCCCCCCCCCCCCCCCCC(=O)OCC(COC(=O)CCCCCCC/C=C\CCCCCCCC)OC(=O)CCCCCCCCC/C=C\CCCCCCCC. The number of hydrogen-bond acceptors (Lipinski definition) is 6. The first-order valence-corrected chi connectivity index (χ1v) is 34.1. The van der Waals surface area contributed by atoms with Gasteiger partial charge in [-0.3, -0.25) is 14.4 Å². The number of esters is 3. The van der Waals surface area contributed by atoms with Crippen LogP contribution in [-0.2, 0) is 28.6 Å². The summed E-state index contributed by atoms with van der Waals surface area (Å²) in [5.74, 6) is -0.865. The lowest BCUT2D eigenvalue weighted by Crippen LogP contribution is -2.30. The molecule has 0 amide bonds. The Bertz CT molecular complexity index is 1330. The molecule has 0 bridgehead atoms. The van der Waals surface area contributed by atoms with Crippen LogP contribution in [-0.4, -0.2) is 37.2 Å². The maximum atomic E-state index is 12.9. The molecule has 450 valence electrons. The molecular formula is C71H130O6. The van der Waals surface area contributed by atoms with Crippen molar-refractivity contribution >= 4 is 17.9 Å². The van der Waals surface area contributed by atoms with Gasteiger partial charge in [0.25, 0.3) is 0 Å². The second-order valence-electron chi connectivity index (χ2n) is 23.1. The summed E-state index contributed by atoms with van der Waals surface area (Å²) in [5.41, 5.74) is 0. The molecule has 0 aliphatic carbocycles. The van der Waals surface area contributed by atoms with Gasteiger partial charge in [0.1, 0.15) is 13.2 Å². The molecule has 0 radical (unpaired) electrons. The lowest BCUT2D eigenvalue weighted by Gasteiger charge is -2.18. The van der Waals surface area contributed by atoms with Crippen LogP contribution >= 0.6 is 0 Å². The average Bonchev–Trinajstić information content (AvgIpc) is 3.43. The Morgan fingerprint density at radius 1 is 0.260 bits per heavy atom. The predicted molar refractivity (Wildman–Crippen MR) is 335 cm³/mol. The molecule has 6 nitrogen and oxygen atoms in total. The van der Waals surface area contributed by atoms with Crippen molar-refractivity contribution in [3.05, 3.63) is 48.6 Å². The molecule has 0 saturated carbocycles. The van der Waals surface area contributed by atoms with Gasteiger partial charge < -0.3 is 14.2 Å². The topological polar surface area (TPSA) is 78.9 Å². The van der Waals surface area contributed by atoms with Crippen LogP contribution in [0.4, 0.5) is 0 Å². The van der Waals surface area contributed by atoms with Gasteiger partial charge in [-0.2, -0.15) is 0 Å². The molecule has 0 aliphatic rings. The molecule has 0 aromatic heterocycles. The Kier molecular flexibility index (Phi) is 63.6. The minimum absolute atomic E-state index is 0.0743. The van der Waals surface area contributed by atoms with E-state index in [2.05, 4.69) is 69.4 Å². The van der Waals surface area contributed by atoms with E-state index in [0.29, 0.717) is 19.3 Å². The largest absolute Gasteiger partial charge is 0.462 e. The second-order valence-corrected chi connectivity index (χ2v) is 23.1. The number of hydrogen-bond donors (Lipinski definition) is 0. The second kappa shape index (κ2) is 65.9. The zero-order chi connectivity index (χ0) is 55.7. The fourth-order valence-corrected chi connectivity index (χ4v) is 10.1. The van der Waals surface area contributed by atoms with E-state index < -0.39 is 6.10 Å². The Balaban J connectivity index is 4.26. The summed E-state index contributed by atoms with van der Waals surface area (Å²) >= 11 is 0. The van der Waals surface area contributed by atoms with Crippen molar-refractivity contribution in [2.45, 2.75) is 374 Å². The number of carbonyl (C=O) groups excluding carboxylic acids is 3. The first kappa shape index (κ1) is 74.4. The summed E-state index contributed by atoms with van der Waals surface area (Å²) < 4.78 is 17.0. The third-order valence-electron chi connectivity index (χ3n) is 15.3. The van der Waals surface area contributed by atoms with Crippen LogP contribution in [0.2, 0.25) is 0 Å². The first-order chi connectivity index (χ1) is 38.0. The van der Waals surface area contributed by atoms with E-state index in [0.717, 1.165) is 70.6 Å². The molecule has 0 heterocycles. The zero-order valence-corrected chi connectivity index (χ0v) is 51.7. The van der Waals surface area contributed by atoms with Crippen LogP contribution in [0.15, 0.2) is 48.6 Å². The minimum atomic E-state index is -0.778. The van der Waals surface area contributed by atoms with Crippen LogP contribution in [0.3, 0.4) is 0 Å². The van der Waals surface area contributed by atoms with Crippen LogP contribution in [0.5, 0.6) is 0 Å². The monoisotopic (exact) mass is 1080 g/mol. The number of unbranched alkanes of at least 4 members (excludes halogenated alkanes) is 44. The van der Waals surface area contributed by atoms with Gasteiger partial charge in [-0.05, 0) is 103 Å². The third-order valence-corrected chi connectivity index (χ3v) is 15.3. The van der Waals surface area contributed by atoms with Gasteiger partial charge in [-0.1, -0.05) is 294 Å². The fourth-order valence-electron chi connectivity index (χ4n) is 10.1. The van der Waals surface area contributed by atoms with Gasteiger partial charge in [0.15, 0.2) is 6.10 Å². The molecule has 0 aromatic carbocycles. The number of rotatable bonds is 63. The standard InChI is InChI=1S/C71H130O6/c1-4-7-10-13-16-19-22-25-28-30-31-32-33-34-35-36-37-38-39-41-43-46-49-52-55-58-61-64-70(73)76-67-68(66-75-69(72)63-60-57-54-51-48-45-42-27-24-21-18-15-12-9-6-3)77-71(74)65-62-59-56-53-50-47-44-40-29-26-23-20-17-14-11-8-5-2/h22,25-27,29-31,42,68H,4-21,23-24,28,32-41,43-67H2,1-3H3/b25-22-,29-26-,31-30-,42-27-. The van der Waals surface area contributed by atoms with E-state index in [-0.39, 0.29) is 31.1 Å². The highest BCUT2D eigenvalue weighted by molar-refractivity contribution is 5.71. The molecule has 6 heteroatoms. The van der Waals surface area contributed by atoms with Gasteiger partial charge in [0.05, 0.1) is 0 Å². The fraction of sp³-hybridized carbons (Fsp3) is 0.845. The molecule has 0 N–H and O–H groups in total. The molecule has 0 saturated heterocycles. The van der Waals surface area contributed by atoms with Gasteiger partial charge in [-0.25, -0.2) is 0 Å². The molecule has 0 aromatic rings. The summed E-state index contributed by atoms with van der Waals surface area (Å²) in [5, 5.41) is 0. The Hall–Kier alpha value is -2.63. The van der Waals surface area contributed by atoms with Crippen molar-refractivity contribution in [2.75, 3.05) is 13.2 Å². The Morgan fingerprint density at radius 2 is 0.468 bits per heavy atom. The Morgan fingerprint density at radius 3 is 0.727 bits per heavy atom. The molecule has 0 rings (SSSR count). The van der Waals surface area contributed by atoms with E-state index in [1.807, 2.05) is 0 Å². The smallest absolute Gasteiger partial charge is 0.306 e. The summed E-state index contributed by atoms with van der Waals surface area (Å²) in [4.78, 5) is 38.4. The van der Waals surface area contributed by atoms with Crippen LogP contribution in [0.25, 0.3) is 0 Å². The van der Waals surface area contributed by atoms with Crippen molar-refractivity contribution < 1.29 is 28.6 Å². The van der Waals surface area contributed by atoms with E-state index in [1.54, 1.807) is 0 Å². The van der Waals surface area contributed by atoms with E-state index in [4.69, 9.17) is 14.2 Å². The maximum absolute atomic E-state index is 12.9. The van der Waals surface area contributed by atoms with Crippen molar-refractivity contribution in [3.8, 4) is 0 Å². The quantitative estimate of drug-likeness (QED) is 0.0261. The molecule has 0 fully saturated rings. The average molecular weight is 1080 g/mol. The van der Waals surface area contributed by atoms with Gasteiger partial charge in [-0.15, -0.1) is 0 Å². The number of ether oxygens (including phenoxy) is 3. The summed E-state index contributed by atoms with van der Waals surface area (Å²) in [7, 11) is 0. The van der Waals surface area contributed by atoms with Gasteiger partial charge in [0.2, 0.25) is 0 Å². The highest BCUT2D eigenvalue weighted by Crippen LogP contribution is 2.17. The van der Waals surface area contributed by atoms with E-state index in [1.165, 1.54) is 257 Å². The van der Waals surface area contributed by atoms with Crippen LogP contribution in [0.1, 0.15) is 367 Å². The lowest BCUT2D eigenvalue weighted by molar-refractivity contribution is -0.167. The van der Waals surface area contributed by atoms with E-state index in [9.17, 15) is 14.4 Å². The summed E-state index contributed by atoms with van der Waals surface area (Å²) in [6, 6.07) is 0. The Labute approximate surface area is 479 Å². The molecular weight excluding hydrogens is 949 g/mol. The van der Waals surface area contributed by atoms with E-state index >= 15 is 0 Å². The predicted octanol–water partition coefficient (Wildman–Crippen LogP) is 23.3. The summed E-state index contributed by atoms with van der Waals surface area (Å²) in [6.45, 7) is 6.67. The van der Waals surface area contributed by atoms with Gasteiger partial charge >= 0.3 is 17.9 Å². The third kappa shape index (κ3) is 64.1. The number of allylic oxidation sites excluding steroid dienone is 8. The molecule has 0 spiro atoms. The van der Waals surface area contributed by atoms with Gasteiger partial charge in [0, 0.05) is 19.3 Å². The van der Waals surface area contributed by atoms with Crippen molar-refractivity contribution in [1.29, 1.82) is 0 Å². The lowest BCUT2D eigenvalue weighted by atomic mass is 10.0. The first-order valence-electron chi connectivity index (χ1n) is 34.1. The molecule has 0 aliphatic heterocycles. The van der Waals surface area contributed by atoms with Crippen LogP contribution < -0.4 is 0 Å². The normalized spacial score (nSPS) is 12.3. The maximum Gasteiger partial charge on any atom is 0.306 e. The highest BCUT2D eigenvalue weighted by atomic mass is 16.6.